The van der Waals surface area contributed by atoms with E-state index in [-0.39, 0.29) is 13.2 Å². The highest BCUT2D eigenvalue weighted by atomic mass is 79.9. The lowest BCUT2D eigenvalue weighted by Crippen LogP contribution is -2.52. The van der Waals surface area contributed by atoms with Crippen LogP contribution in [0.2, 0.25) is 0 Å². The Morgan fingerprint density at radius 2 is 1.68 bits per heavy atom. The van der Waals surface area contributed by atoms with Gasteiger partial charge in [0.05, 0.1) is 6.54 Å². The van der Waals surface area contributed by atoms with E-state index < -0.39 is 17.6 Å². The summed E-state index contributed by atoms with van der Waals surface area (Å²) < 4.78 is 6.15. The van der Waals surface area contributed by atoms with E-state index in [4.69, 9.17) is 4.74 Å². The van der Waals surface area contributed by atoms with Gasteiger partial charge in [0.2, 0.25) is 0 Å². The van der Waals surface area contributed by atoms with Crippen LogP contribution in [0, 0.1) is 0 Å². The van der Waals surface area contributed by atoms with Crippen LogP contribution in [-0.4, -0.2) is 27.6 Å². The normalized spacial score (nSPS) is 11.0. The zero-order chi connectivity index (χ0) is 18.4. The lowest BCUT2D eigenvalue weighted by Gasteiger charge is -2.34. The zero-order valence-electron chi connectivity index (χ0n) is 14.1. The van der Waals surface area contributed by atoms with Crippen LogP contribution in [0.15, 0.2) is 59.1 Å². The van der Waals surface area contributed by atoms with Gasteiger partial charge in [-0.1, -0.05) is 64.5 Å². The molecular formula is C19H20BrNO4. The highest BCUT2D eigenvalue weighted by Crippen LogP contribution is 2.24. The van der Waals surface area contributed by atoms with Crippen molar-refractivity contribution >= 4 is 28.0 Å². The summed E-state index contributed by atoms with van der Waals surface area (Å²) in [6.45, 7) is 3.17. The molecule has 0 heterocycles. The Morgan fingerprint density at radius 3 is 2.28 bits per heavy atom. The molecule has 2 rings (SSSR count). The van der Waals surface area contributed by atoms with Crippen LogP contribution < -0.4 is 0 Å². The lowest BCUT2D eigenvalue weighted by atomic mass is 10.0. The molecule has 0 aromatic heterocycles. The minimum atomic E-state index is -1.41. The van der Waals surface area contributed by atoms with E-state index >= 15 is 0 Å². The van der Waals surface area contributed by atoms with Crippen LogP contribution in [0.25, 0.3) is 0 Å². The van der Waals surface area contributed by atoms with Crippen molar-refractivity contribution in [3.63, 3.8) is 0 Å². The summed E-state index contributed by atoms with van der Waals surface area (Å²) in [5, 5.41) is 9.53. The summed E-state index contributed by atoms with van der Waals surface area (Å²) in [6, 6.07) is 16.6. The number of carbonyl (C=O) groups is 2. The maximum atomic E-state index is 12.6. The predicted molar refractivity (Wildman–Crippen MR) is 98.0 cm³/mol. The lowest BCUT2D eigenvalue weighted by molar-refractivity contribution is -0.148. The minimum absolute atomic E-state index is 0.0852. The van der Waals surface area contributed by atoms with Crippen LogP contribution in [0.3, 0.4) is 0 Å². The molecular weight excluding hydrogens is 386 g/mol. The molecule has 0 radical (unpaired) electrons. The van der Waals surface area contributed by atoms with Crippen LogP contribution >= 0.6 is 15.9 Å². The van der Waals surface area contributed by atoms with Crippen molar-refractivity contribution in [3.05, 3.63) is 70.2 Å². The maximum Gasteiger partial charge on any atom is 0.411 e. The minimum Gasteiger partial charge on any atom is -0.480 e. The first-order chi connectivity index (χ1) is 11.8. The molecule has 5 nitrogen and oxygen atoms in total. The van der Waals surface area contributed by atoms with Gasteiger partial charge < -0.3 is 9.84 Å². The molecule has 0 aliphatic rings. The third kappa shape index (κ3) is 4.82. The van der Waals surface area contributed by atoms with E-state index in [0.717, 1.165) is 15.6 Å². The fraction of sp³-hybridized carbons (Fsp3) is 0.263. The topological polar surface area (TPSA) is 66.8 Å². The van der Waals surface area contributed by atoms with E-state index in [1.807, 2.05) is 54.6 Å². The first kappa shape index (κ1) is 19.0. The molecule has 1 amide bonds. The number of ether oxygens (including phenoxy) is 1. The Morgan fingerprint density at radius 1 is 1.08 bits per heavy atom. The molecule has 0 saturated heterocycles. The Hall–Kier alpha value is -2.34. The fourth-order valence-corrected chi connectivity index (χ4v) is 2.61. The van der Waals surface area contributed by atoms with Crippen molar-refractivity contribution in [1.82, 2.24) is 4.90 Å². The number of halogens is 1. The van der Waals surface area contributed by atoms with E-state index in [1.54, 1.807) is 0 Å². The van der Waals surface area contributed by atoms with Crippen molar-refractivity contribution in [2.24, 2.45) is 0 Å². The van der Waals surface area contributed by atoms with Gasteiger partial charge in [0.1, 0.15) is 12.1 Å². The molecule has 2 aromatic rings. The molecule has 0 spiro atoms. The molecule has 25 heavy (non-hydrogen) atoms. The van der Waals surface area contributed by atoms with Gasteiger partial charge in [-0.25, -0.2) is 9.59 Å². The second-order valence-corrected chi connectivity index (χ2v) is 6.94. The second-order valence-electron chi connectivity index (χ2n) is 6.08. The number of amides is 1. The average Bonchev–Trinajstić information content (AvgIpc) is 2.59. The largest absolute Gasteiger partial charge is 0.480 e. The number of hydrogen-bond acceptors (Lipinski definition) is 3. The van der Waals surface area contributed by atoms with Crippen molar-refractivity contribution in [3.8, 4) is 0 Å². The average molecular weight is 406 g/mol. The van der Waals surface area contributed by atoms with Gasteiger partial charge in [-0.3, -0.25) is 4.90 Å². The summed E-state index contributed by atoms with van der Waals surface area (Å²) in [7, 11) is 0. The fourth-order valence-electron chi connectivity index (χ4n) is 2.20. The SMILES string of the molecule is CC(C)(C(=O)O)N(Cc1ccccc1Br)C(=O)OCc1ccccc1. The standard InChI is InChI=1S/C19H20BrNO4/c1-19(2,17(22)23)21(12-15-10-6-7-11-16(15)20)18(24)25-13-14-8-4-3-5-9-14/h3-11H,12-13H2,1-2H3,(H,22,23). The van der Waals surface area contributed by atoms with E-state index in [0.29, 0.717) is 0 Å². The molecule has 0 aliphatic heterocycles. The third-order valence-electron chi connectivity index (χ3n) is 3.91. The Bertz CT molecular complexity index is 746. The molecule has 0 fully saturated rings. The number of rotatable bonds is 6. The number of carbonyl (C=O) groups excluding carboxylic acids is 1. The summed E-state index contributed by atoms with van der Waals surface area (Å²) in [6.07, 6.45) is -0.674. The highest BCUT2D eigenvalue weighted by molar-refractivity contribution is 9.10. The van der Waals surface area contributed by atoms with E-state index in [9.17, 15) is 14.7 Å². The molecule has 0 unspecified atom stereocenters. The third-order valence-corrected chi connectivity index (χ3v) is 4.68. The highest BCUT2D eigenvalue weighted by Gasteiger charge is 2.39. The molecule has 2 aromatic carbocycles. The van der Waals surface area contributed by atoms with E-state index in [2.05, 4.69) is 15.9 Å². The number of carboxylic acids is 1. The Balaban J connectivity index is 2.20. The smallest absolute Gasteiger partial charge is 0.411 e. The molecule has 0 atom stereocenters. The van der Waals surface area contributed by atoms with E-state index in [1.165, 1.54) is 18.7 Å². The molecule has 1 N–H and O–H groups in total. The predicted octanol–water partition coefficient (Wildman–Crippen LogP) is 4.45. The Labute approximate surface area is 155 Å². The van der Waals surface area contributed by atoms with Crippen LogP contribution in [-0.2, 0) is 22.7 Å². The van der Waals surface area contributed by atoms with Gasteiger partial charge in [0, 0.05) is 4.47 Å². The van der Waals surface area contributed by atoms with Crippen LogP contribution in [0.4, 0.5) is 4.79 Å². The summed E-state index contributed by atoms with van der Waals surface area (Å²) in [4.78, 5) is 25.5. The zero-order valence-corrected chi connectivity index (χ0v) is 15.7. The van der Waals surface area contributed by atoms with Crippen LogP contribution in [0.1, 0.15) is 25.0 Å². The van der Waals surface area contributed by atoms with Gasteiger partial charge in [-0.2, -0.15) is 0 Å². The summed E-state index contributed by atoms with van der Waals surface area (Å²) in [5.74, 6) is -1.10. The molecule has 6 heteroatoms. The number of hydrogen-bond donors (Lipinski definition) is 1. The Kier molecular flexibility index (Phi) is 6.20. The van der Waals surface area contributed by atoms with Gasteiger partial charge in [-0.05, 0) is 31.0 Å². The first-order valence-corrected chi connectivity index (χ1v) is 8.57. The number of carboxylic acid groups (broad SMARTS) is 1. The van der Waals surface area contributed by atoms with Crippen molar-refractivity contribution < 1.29 is 19.4 Å². The molecule has 0 bridgehead atoms. The molecule has 0 saturated carbocycles. The molecule has 132 valence electrons. The van der Waals surface area contributed by atoms with Gasteiger partial charge in [0.25, 0.3) is 0 Å². The molecule has 0 aliphatic carbocycles. The number of nitrogens with zero attached hydrogens (tertiary/aromatic N) is 1. The van der Waals surface area contributed by atoms with Crippen LogP contribution in [0.5, 0.6) is 0 Å². The second kappa shape index (κ2) is 8.16. The van der Waals surface area contributed by atoms with Crippen molar-refractivity contribution in [1.29, 1.82) is 0 Å². The van der Waals surface area contributed by atoms with Gasteiger partial charge >= 0.3 is 12.1 Å². The van der Waals surface area contributed by atoms with Crippen molar-refractivity contribution in [2.45, 2.75) is 32.5 Å². The summed E-state index contributed by atoms with van der Waals surface area (Å²) in [5.41, 5.74) is 0.224. The van der Waals surface area contributed by atoms with Crippen molar-refractivity contribution in [2.75, 3.05) is 0 Å². The summed E-state index contributed by atoms with van der Waals surface area (Å²) >= 11 is 3.43. The van der Waals surface area contributed by atoms with Gasteiger partial charge in [-0.15, -0.1) is 0 Å². The first-order valence-electron chi connectivity index (χ1n) is 7.77. The number of aliphatic carboxylic acids is 1. The quantitative estimate of drug-likeness (QED) is 0.770. The number of benzene rings is 2. The van der Waals surface area contributed by atoms with Gasteiger partial charge in [0.15, 0.2) is 0 Å². The monoisotopic (exact) mass is 405 g/mol. The maximum absolute atomic E-state index is 12.6.